The molecule has 2 aromatic carbocycles. The Kier molecular flexibility index (Phi) is 6.49. The molecule has 2 aromatic heterocycles. The zero-order valence-electron chi connectivity index (χ0n) is 20.1. The second-order valence-electron chi connectivity index (χ2n) is 8.98. The van der Waals surface area contributed by atoms with Gasteiger partial charge in [0, 0.05) is 24.7 Å². The van der Waals surface area contributed by atoms with E-state index in [4.69, 9.17) is 10.4 Å². The number of hydrogen-bond donors (Lipinski definition) is 2. The van der Waals surface area contributed by atoms with Crippen LogP contribution in [0, 0.1) is 16.0 Å². The number of para-hydroxylation sites is 2. The van der Waals surface area contributed by atoms with E-state index >= 15 is 0 Å². The van der Waals surface area contributed by atoms with E-state index in [1.54, 1.807) is 22.8 Å². The highest BCUT2D eigenvalue weighted by molar-refractivity contribution is 5.87. The number of anilines is 2. The number of nitrogen functional groups attached to an aromatic ring is 1. The molecule has 0 unspecified atom stereocenters. The Labute approximate surface area is 211 Å². The van der Waals surface area contributed by atoms with Gasteiger partial charge in [-0.1, -0.05) is 25.1 Å². The van der Waals surface area contributed by atoms with Crippen molar-refractivity contribution in [3.63, 3.8) is 0 Å². The molecule has 13 nitrogen and oxygen atoms in total. The number of aromatic nitrogens is 4. The minimum atomic E-state index is -0.441. The van der Waals surface area contributed by atoms with Gasteiger partial charge in [0.05, 0.1) is 22.2 Å². The van der Waals surface area contributed by atoms with Gasteiger partial charge in [-0.25, -0.2) is 15.0 Å². The van der Waals surface area contributed by atoms with Crippen LogP contribution in [0.1, 0.15) is 25.3 Å². The number of piperidine rings is 1. The molecule has 190 valence electrons. The fourth-order valence-corrected chi connectivity index (χ4v) is 4.41. The molecule has 4 aromatic rings. The predicted octanol–water partition coefficient (Wildman–Crippen LogP) is 2.96. The average Bonchev–Trinajstić information content (AvgIpc) is 3.47. The van der Waals surface area contributed by atoms with Crippen molar-refractivity contribution in [3.8, 4) is 11.5 Å². The quantitative estimate of drug-likeness (QED) is 0.218. The van der Waals surface area contributed by atoms with E-state index in [1.165, 1.54) is 12.3 Å². The van der Waals surface area contributed by atoms with Crippen molar-refractivity contribution in [2.24, 2.45) is 11.0 Å². The van der Waals surface area contributed by atoms with Crippen LogP contribution >= 0.6 is 0 Å². The van der Waals surface area contributed by atoms with Crippen molar-refractivity contribution in [3.05, 3.63) is 58.1 Å². The number of rotatable bonds is 7. The number of amides is 1. The molecule has 3 heterocycles. The van der Waals surface area contributed by atoms with E-state index in [-0.39, 0.29) is 28.7 Å². The zero-order valence-corrected chi connectivity index (χ0v) is 20.1. The fraction of sp³-hybridized carbons (Fsp3) is 0.292. The van der Waals surface area contributed by atoms with Gasteiger partial charge in [-0.3, -0.25) is 14.9 Å². The summed E-state index contributed by atoms with van der Waals surface area (Å²) in [6.07, 6.45) is 3.37. The largest absolute Gasteiger partial charge is 0.379 e. The Balaban J connectivity index is 1.32. The van der Waals surface area contributed by atoms with Crippen LogP contribution in [0.15, 0.2) is 52.2 Å². The van der Waals surface area contributed by atoms with E-state index < -0.39 is 5.91 Å². The van der Waals surface area contributed by atoms with E-state index in [9.17, 15) is 14.9 Å². The molecule has 37 heavy (non-hydrogen) atoms. The topological polar surface area (TPSA) is 171 Å². The molecule has 1 aliphatic rings. The summed E-state index contributed by atoms with van der Waals surface area (Å²) in [6, 6.07) is 12.2. The van der Waals surface area contributed by atoms with Gasteiger partial charge in [-0.15, -0.1) is 0 Å². The van der Waals surface area contributed by atoms with Crippen LogP contribution in [0.5, 0.6) is 0 Å². The van der Waals surface area contributed by atoms with E-state index in [0.29, 0.717) is 34.0 Å². The first kappa shape index (κ1) is 23.9. The lowest BCUT2D eigenvalue weighted by Gasteiger charge is -2.31. The molecular weight excluding hydrogens is 478 g/mol. The van der Waals surface area contributed by atoms with Gasteiger partial charge >= 0.3 is 0 Å². The number of carbonyl (C=O) groups is 1. The van der Waals surface area contributed by atoms with Gasteiger partial charge in [-0.05, 0) is 47.3 Å². The number of hydrogen-bond acceptors (Lipinski definition) is 10. The molecule has 3 N–H and O–H groups in total. The van der Waals surface area contributed by atoms with E-state index in [2.05, 4.69) is 32.7 Å². The van der Waals surface area contributed by atoms with Crippen LogP contribution in [-0.2, 0) is 11.3 Å². The molecule has 5 rings (SSSR count). The minimum Gasteiger partial charge on any atom is -0.379 e. The number of imidazole rings is 1. The number of fused-ring (bicyclic) bond motifs is 1. The Bertz CT molecular complexity index is 1480. The molecule has 1 amide bonds. The van der Waals surface area contributed by atoms with Crippen molar-refractivity contribution < 1.29 is 14.3 Å². The number of nitro benzene ring substituents is 1. The second-order valence-corrected chi connectivity index (χ2v) is 8.98. The highest BCUT2D eigenvalue weighted by Gasteiger charge is 2.24. The van der Waals surface area contributed by atoms with Gasteiger partial charge in [0.2, 0.25) is 0 Å². The van der Waals surface area contributed by atoms with Gasteiger partial charge in [0.25, 0.3) is 11.6 Å². The molecule has 0 aliphatic carbocycles. The van der Waals surface area contributed by atoms with Crippen LogP contribution in [0.3, 0.4) is 0 Å². The Morgan fingerprint density at radius 2 is 2.05 bits per heavy atom. The minimum absolute atomic E-state index is 0.0122. The van der Waals surface area contributed by atoms with E-state index in [1.807, 2.05) is 23.1 Å². The van der Waals surface area contributed by atoms with Gasteiger partial charge in [-0.2, -0.15) is 5.10 Å². The van der Waals surface area contributed by atoms with Crippen molar-refractivity contribution in [2.45, 2.75) is 26.3 Å². The van der Waals surface area contributed by atoms with Crippen molar-refractivity contribution >= 4 is 40.3 Å². The third kappa shape index (κ3) is 4.96. The molecule has 1 aliphatic heterocycles. The Morgan fingerprint density at radius 3 is 2.78 bits per heavy atom. The highest BCUT2D eigenvalue weighted by Crippen LogP contribution is 2.32. The summed E-state index contributed by atoms with van der Waals surface area (Å²) in [7, 11) is 0. The Morgan fingerprint density at radius 1 is 1.27 bits per heavy atom. The number of nitrogens with zero attached hydrogens (tertiary/aromatic N) is 7. The van der Waals surface area contributed by atoms with Crippen LogP contribution in [0.25, 0.3) is 22.6 Å². The number of nitro groups is 1. The van der Waals surface area contributed by atoms with Crippen LogP contribution in [0.4, 0.5) is 17.2 Å². The number of hydrazone groups is 1. The van der Waals surface area contributed by atoms with Crippen LogP contribution < -0.4 is 16.1 Å². The van der Waals surface area contributed by atoms with Crippen molar-refractivity contribution in [1.29, 1.82) is 0 Å². The summed E-state index contributed by atoms with van der Waals surface area (Å²) in [6.45, 7) is 3.63. The number of nitrogens with two attached hydrogens (primary N) is 1. The lowest BCUT2D eigenvalue weighted by molar-refractivity contribution is -0.384. The maximum Gasteiger partial charge on any atom is 0.293 e. The molecule has 0 spiro atoms. The maximum atomic E-state index is 12.7. The number of nitrogens with one attached hydrogen (secondary N) is 1. The number of benzene rings is 2. The summed E-state index contributed by atoms with van der Waals surface area (Å²) >= 11 is 0. The third-order valence-electron chi connectivity index (χ3n) is 6.41. The lowest BCUT2D eigenvalue weighted by atomic mass is 9.98. The molecule has 0 bridgehead atoms. The first-order chi connectivity index (χ1) is 17.9. The summed E-state index contributed by atoms with van der Waals surface area (Å²) in [5.74, 6) is 0.562. The molecule has 13 heteroatoms. The Hall–Kier alpha value is -4.81. The first-order valence-electron chi connectivity index (χ1n) is 11.8. The molecule has 1 saturated heterocycles. The zero-order chi connectivity index (χ0) is 25.9. The van der Waals surface area contributed by atoms with Crippen molar-refractivity contribution in [2.75, 3.05) is 23.7 Å². The van der Waals surface area contributed by atoms with Crippen LogP contribution in [-0.4, -0.2) is 50.0 Å². The molecule has 0 atom stereocenters. The van der Waals surface area contributed by atoms with Gasteiger partial charge in [0.15, 0.2) is 17.3 Å². The molecule has 1 fully saturated rings. The first-order valence-corrected chi connectivity index (χ1v) is 11.8. The summed E-state index contributed by atoms with van der Waals surface area (Å²) in [5, 5.41) is 23.1. The monoisotopic (exact) mass is 503 g/mol. The SMILES string of the molecule is CC1CCN(c2ccc(/C=N\NC(=O)Cn3c(-c4nonc4N)nc4ccccc43)cc2[N+](=O)[O-])CC1. The van der Waals surface area contributed by atoms with E-state index in [0.717, 1.165) is 25.9 Å². The summed E-state index contributed by atoms with van der Waals surface area (Å²) < 4.78 is 6.33. The molecule has 0 saturated carbocycles. The summed E-state index contributed by atoms with van der Waals surface area (Å²) in [5.41, 5.74) is 11.0. The standard InChI is InChI=1S/C24H25N9O4/c1-15-8-10-31(11-9-15)19-7-6-16(12-20(19)33(35)36)13-26-28-21(34)14-32-18-5-3-2-4-17(18)27-24(32)22-23(25)30-37-29-22/h2-7,12-13,15H,8-11,14H2,1H3,(H2,25,30)(H,28,34)/b26-13-. The normalized spacial score (nSPS) is 14.5. The van der Waals surface area contributed by atoms with Gasteiger partial charge < -0.3 is 15.2 Å². The third-order valence-corrected chi connectivity index (χ3v) is 6.41. The number of carbonyl (C=O) groups excluding carboxylic acids is 1. The second kappa shape index (κ2) is 10.0. The van der Waals surface area contributed by atoms with Crippen molar-refractivity contribution in [1.82, 2.24) is 25.3 Å². The molecule has 0 radical (unpaired) electrons. The molecular formula is C24H25N9O4. The fourth-order valence-electron chi connectivity index (χ4n) is 4.41. The lowest BCUT2D eigenvalue weighted by Crippen LogP contribution is -2.33. The highest BCUT2D eigenvalue weighted by atomic mass is 16.6. The average molecular weight is 504 g/mol. The summed E-state index contributed by atoms with van der Waals surface area (Å²) in [4.78, 5) is 30.6. The van der Waals surface area contributed by atoms with Crippen LogP contribution in [0.2, 0.25) is 0 Å². The maximum absolute atomic E-state index is 12.7. The predicted molar refractivity (Wildman–Crippen MR) is 137 cm³/mol. The smallest absolute Gasteiger partial charge is 0.293 e. The van der Waals surface area contributed by atoms with Gasteiger partial charge in [0.1, 0.15) is 12.2 Å².